The van der Waals surface area contributed by atoms with Gasteiger partial charge in [0.25, 0.3) is 0 Å². The minimum absolute atomic E-state index is 0.187. The first-order chi connectivity index (χ1) is 10.00. The van der Waals surface area contributed by atoms with Crippen LogP contribution in [0.2, 0.25) is 0 Å². The van der Waals surface area contributed by atoms with Gasteiger partial charge in [-0.1, -0.05) is 0 Å². The zero-order chi connectivity index (χ0) is 16.7. The van der Waals surface area contributed by atoms with Gasteiger partial charge in [0, 0.05) is 34.7 Å². The van der Waals surface area contributed by atoms with E-state index in [1.807, 2.05) is 0 Å². The fourth-order valence-electron chi connectivity index (χ4n) is 2.20. The highest BCUT2D eigenvalue weighted by molar-refractivity contribution is 5.39. The van der Waals surface area contributed by atoms with Crippen molar-refractivity contribution in [1.29, 1.82) is 0 Å². The normalized spacial score (nSPS) is 12.5. The first-order valence-corrected chi connectivity index (χ1v) is 6.70. The van der Waals surface area contributed by atoms with Gasteiger partial charge in [0.2, 0.25) is 0 Å². The molecule has 1 aromatic heterocycles. The first-order valence-electron chi connectivity index (χ1n) is 6.70. The molecule has 0 aliphatic rings. The molecule has 0 spiro atoms. The molecule has 0 aliphatic heterocycles. The van der Waals surface area contributed by atoms with Crippen molar-refractivity contribution in [3.05, 3.63) is 63.6 Å². The number of alkyl halides is 3. The van der Waals surface area contributed by atoms with Gasteiger partial charge in [-0.05, 0) is 45.0 Å². The summed E-state index contributed by atoms with van der Waals surface area (Å²) in [6.07, 6.45) is -2.79. The second-order valence-electron chi connectivity index (χ2n) is 5.83. The molecule has 22 heavy (non-hydrogen) atoms. The molecule has 118 valence electrons. The minimum Gasteiger partial charge on any atom is -0.322 e. The Bertz CT molecular complexity index is 738. The molecule has 0 saturated carbocycles. The lowest BCUT2D eigenvalue weighted by Crippen LogP contribution is -2.35. The minimum atomic E-state index is -4.37. The summed E-state index contributed by atoms with van der Waals surface area (Å²) in [4.78, 5) is 12.0. The molecule has 0 radical (unpaired) electrons. The summed E-state index contributed by atoms with van der Waals surface area (Å²) in [5, 5.41) is 0. The lowest BCUT2D eigenvalue weighted by molar-refractivity contribution is -0.137. The molecule has 6 heteroatoms. The van der Waals surface area contributed by atoms with E-state index in [0.29, 0.717) is 16.9 Å². The molecule has 2 rings (SSSR count). The molecule has 0 aliphatic carbocycles. The van der Waals surface area contributed by atoms with Gasteiger partial charge in [0.1, 0.15) is 0 Å². The van der Waals surface area contributed by atoms with Crippen molar-refractivity contribution in [2.24, 2.45) is 5.73 Å². The van der Waals surface area contributed by atoms with Gasteiger partial charge >= 0.3 is 6.18 Å². The molecule has 0 bridgehead atoms. The number of aryl methyl sites for hydroxylation is 1. The molecule has 0 unspecified atom stereocenters. The molecule has 0 saturated heterocycles. The number of benzene rings is 1. The van der Waals surface area contributed by atoms with Crippen molar-refractivity contribution in [3.63, 3.8) is 0 Å². The van der Waals surface area contributed by atoms with E-state index in [4.69, 9.17) is 5.73 Å². The molecule has 0 amide bonds. The summed E-state index contributed by atoms with van der Waals surface area (Å²) in [5.74, 6) is 0. The van der Waals surface area contributed by atoms with E-state index in [9.17, 15) is 18.0 Å². The van der Waals surface area contributed by atoms with Crippen LogP contribution in [0.5, 0.6) is 0 Å². The maximum Gasteiger partial charge on any atom is 0.416 e. The van der Waals surface area contributed by atoms with E-state index in [-0.39, 0.29) is 5.43 Å². The number of hydrogen-bond acceptors (Lipinski definition) is 2. The topological polar surface area (TPSA) is 48.0 Å². The summed E-state index contributed by atoms with van der Waals surface area (Å²) in [6.45, 7) is 5.12. The lowest BCUT2D eigenvalue weighted by atomic mass is 9.96. The summed E-state index contributed by atoms with van der Waals surface area (Å²) in [5.41, 5.74) is 5.80. The van der Waals surface area contributed by atoms with E-state index in [2.05, 4.69) is 0 Å². The predicted molar refractivity (Wildman–Crippen MR) is 79.0 cm³/mol. The van der Waals surface area contributed by atoms with E-state index >= 15 is 0 Å². The molecule has 1 heterocycles. The third-order valence-corrected chi connectivity index (χ3v) is 3.41. The van der Waals surface area contributed by atoms with Gasteiger partial charge < -0.3 is 10.3 Å². The Balaban J connectivity index is 2.56. The molecular formula is C16H17F3N2O. The van der Waals surface area contributed by atoms with Crippen LogP contribution in [0.4, 0.5) is 13.2 Å². The van der Waals surface area contributed by atoms with Crippen LogP contribution in [0.3, 0.4) is 0 Å². The van der Waals surface area contributed by atoms with Crippen LogP contribution < -0.4 is 11.2 Å². The summed E-state index contributed by atoms with van der Waals surface area (Å²) in [7, 11) is 0. The highest BCUT2D eigenvalue weighted by Crippen LogP contribution is 2.29. The summed E-state index contributed by atoms with van der Waals surface area (Å²) < 4.78 is 39.5. The van der Waals surface area contributed by atoms with E-state index in [1.54, 1.807) is 31.5 Å². The van der Waals surface area contributed by atoms with Gasteiger partial charge in [0.05, 0.1) is 5.56 Å². The summed E-state index contributed by atoms with van der Waals surface area (Å²) in [6, 6.07) is 6.20. The van der Waals surface area contributed by atoms with Crippen molar-refractivity contribution in [3.8, 4) is 5.69 Å². The molecule has 2 aromatic rings. The van der Waals surface area contributed by atoms with E-state index in [0.717, 1.165) is 12.1 Å². The van der Waals surface area contributed by atoms with Gasteiger partial charge in [-0.2, -0.15) is 13.2 Å². The van der Waals surface area contributed by atoms with Crippen LogP contribution in [0, 0.1) is 6.92 Å². The van der Waals surface area contributed by atoms with Crippen molar-refractivity contribution in [2.75, 3.05) is 0 Å². The highest BCUT2D eigenvalue weighted by atomic mass is 19.4. The van der Waals surface area contributed by atoms with E-state index in [1.165, 1.54) is 18.2 Å². The van der Waals surface area contributed by atoms with Crippen LogP contribution in [0.25, 0.3) is 5.69 Å². The maximum absolute atomic E-state index is 12.6. The molecule has 1 aromatic carbocycles. The van der Waals surface area contributed by atoms with Crippen LogP contribution in [-0.4, -0.2) is 4.57 Å². The Morgan fingerprint density at radius 3 is 2.09 bits per heavy atom. The zero-order valence-electron chi connectivity index (χ0n) is 12.5. The quantitative estimate of drug-likeness (QED) is 0.924. The zero-order valence-corrected chi connectivity index (χ0v) is 12.5. The van der Waals surface area contributed by atoms with Gasteiger partial charge in [0.15, 0.2) is 5.43 Å². The van der Waals surface area contributed by atoms with Crippen LogP contribution in [0.1, 0.15) is 30.7 Å². The largest absolute Gasteiger partial charge is 0.416 e. The Hall–Kier alpha value is -2.08. The Kier molecular flexibility index (Phi) is 3.91. The number of halogens is 3. The van der Waals surface area contributed by atoms with Crippen LogP contribution in [0.15, 0.2) is 41.3 Å². The van der Waals surface area contributed by atoms with Gasteiger partial charge in [-0.25, -0.2) is 0 Å². The average molecular weight is 310 g/mol. The summed E-state index contributed by atoms with van der Waals surface area (Å²) >= 11 is 0. The standard InChI is InChI=1S/C16H17F3N2O/c1-10-8-14(22)13(15(2,3)20)9-21(10)12-6-4-11(5-7-12)16(17,18)19/h4-9H,20H2,1-3H3. The van der Waals surface area contributed by atoms with Gasteiger partial charge in [-0.15, -0.1) is 0 Å². The lowest BCUT2D eigenvalue weighted by Gasteiger charge is -2.21. The number of nitrogens with two attached hydrogens (primary N) is 1. The molecule has 0 atom stereocenters. The predicted octanol–water partition coefficient (Wildman–Crippen LogP) is 3.36. The smallest absolute Gasteiger partial charge is 0.322 e. The SMILES string of the molecule is Cc1cc(=O)c(C(C)(C)N)cn1-c1ccc(C(F)(F)F)cc1. The molecule has 3 nitrogen and oxygen atoms in total. The Morgan fingerprint density at radius 1 is 1.09 bits per heavy atom. The first kappa shape index (κ1) is 16.3. The number of pyridine rings is 1. The second-order valence-corrected chi connectivity index (χ2v) is 5.83. The van der Waals surface area contributed by atoms with Crippen LogP contribution in [-0.2, 0) is 11.7 Å². The van der Waals surface area contributed by atoms with Crippen molar-refractivity contribution in [1.82, 2.24) is 4.57 Å². The number of aromatic nitrogens is 1. The van der Waals surface area contributed by atoms with E-state index < -0.39 is 17.3 Å². The maximum atomic E-state index is 12.6. The Morgan fingerprint density at radius 2 is 1.64 bits per heavy atom. The van der Waals surface area contributed by atoms with Crippen molar-refractivity contribution < 1.29 is 13.2 Å². The molecule has 2 N–H and O–H groups in total. The van der Waals surface area contributed by atoms with Crippen molar-refractivity contribution in [2.45, 2.75) is 32.5 Å². The highest BCUT2D eigenvalue weighted by Gasteiger charge is 2.30. The second kappa shape index (κ2) is 5.28. The Labute approximate surface area is 126 Å². The third kappa shape index (κ3) is 3.22. The molecular weight excluding hydrogens is 293 g/mol. The van der Waals surface area contributed by atoms with Crippen molar-refractivity contribution >= 4 is 0 Å². The van der Waals surface area contributed by atoms with Crippen LogP contribution >= 0.6 is 0 Å². The molecule has 0 fully saturated rings. The monoisotopic (exact) mass is 310 g/mol. The van der Waals surface area contributed by atoms with Gasteiger partial charge in [-0.3, -0.25) is 4.79 Å². The number of hydrogen-bond donors (Lipinski definition) is 1. The fraction of sp³-hybridized carbons (Fsp3) is 0.312. The third-order valence-electron chi connectivity index (χ3n) is 3.41. The average Bonchev–Trinajstić information content (AvgIpc) is 2.36. The number of rotatable bonds is 2. The number of nitrogens with zero attached hydrogens (tertiary/aromatic N) is 1. The fourth-order valence-corrected chi connectivity index (χ4v) is 2.20.